The lowest BCUT2D eigenvalue weighted by Crippen LogP contribution is -3.00. The van der Waals surface area contributed by atoms with E-state index in [1.807, 2.05) is 0 Å². The normalized spacial score (nSPS) is 20.2. The van der Waals surface area contributed by atoms with E-state index in [1.54, 1.807) is 22.3 Å². The molecule has 2 aliphatic rings. The minimum Gasteiger partial charge on any atom is -1.00 e. The molecule has 2 rings (SSSR count). The van der Waals surface area contributed by atoms with Gasteiger partial charge in [0.1, 0.15) is 0 Å². The highest BCUT2D eigenvalue weighted by atomic mass is 79.9. The van der Waals surface area contributed by atoms with Gasteiger partial charge in [-0.2, -0.15) is 0 Å². The van der Waals surface area contributed by atoms with E-state index in [0.717, 1.165) is 12.1 Å². The van der Waals surface area contributed by atoms with Crippen LogP contribution in [0.3, 0.4) is 0 Å². The maximum absolute atomic E-state index is 2.57. The van der Waals surface area contributed by atoms with E-state index in [9.17, 15) is 0 Å². The summed E-state index contributed by atoms with van der Waals surface area (Å²) in [6.07, 6.45) is 19.2. The lowest BCUT2D eigenvalue weighted by molar-refractivity contribution is -0.947. The molecular weight excluding hydrogens is 668 g/mol. The van der Waals surface area contributed by atoms with Gasteiger partial charge in [0.15, 0.2) is 0 Å². The Bertz CT molecular complexity index is 804. The number of allylic oxidation sites excluding steroid dienone is 4. The molecule has 0 aromatic rings. The number of unbranched alkanes of at least 4 members (excludes halogenated alkanes) is 3. The van der Waals surface area contributed by atoms with Crippen molar-refractivity contribution in [2.24, 2.45) is 10.8 Å². The molecule has 2 unspecified atom stereocenters. The summed E-state index contributed by atoms with van der Waals surface area (Å²) in [4.78, 5) is 0. The number of quaternary nitrogens is 2. The van der Waals surface area contributed by atoms with Gasteiger partial charge in [0, 0.05) is 12.8 Å². The first-order chi connectivity index (χ1) is 19.7. The summed E-state index contributed by atoms with van der Waals surface area (Å²) in [5.74, 6) is 0. The predicted molar refractivity (Wildman–Crippen MR) is 189 cm³/mol. The number of hydrogen-bond donors (Lipinski definition) is 0. The molecule has 0 saturated carbocycles. The Kier molecular flexibility index (Phi) is 20.2. The van der Waals surface area contributed by atoms with Gasteiger partial charge in [0.2, 0.25) is 0 Å². The summed E-state index contributed by atoms with van der Waals surface area (Å²) in [5, 5.41) is 0. The van der Waals surface area contributed by atoms with Gasteiger partial charge in [0.25, 0.3) is 0 Å². The zero-order chi connectivity index (χ0) is 31.6. The highest BCUT2D eigenvalue weighted by molar-refractivity contribution is 5.23. The quantitative estimate of drug-likeness (QED) is 0.0911. The third-order valence-electron chi connectivity index (χ3n) is 13.3. The van der Waals surface area contributed by atoms with Crippen LogP contribution in [-0.2, 0) is 0 Å². The van der Waals surface area contributed by atoms with Crippen LogP contribution in [-0.4, -0.2) is 60.3 Å². The lowest BCUT2D eigenvalue weighted by atomic mass is 9.71. The predicted octanol–water partition coefficient (Wildman–Crippen LogP) is 5.66. The summed E-state index contributed by atoms with van der Waals surface area (Å²) in [6, 6.07) is 1.52. The van der Waals surface area contributed by atoms with Crippen molar-refractivity contribution in [2.75, 3.05) is 39.3 Å². The summed E-state index contributed by atoms with van der Waals surface area (Å²) >= 11 is 0. The van der Waals surface area contributed by atoms with Crippen LogP contribution in [0.5, 0.6) is 0 Å². The maximum Gasteiger partial charge on any atom is 0.0864 e. The monoisotopic (exact) mass is 744 g/mol. The Morgan fingerprint density at radius 3 is 1.16 bits per heavy atom. The fraction of sp³-hybridized carbons (Fsp3) is 0.900. The molecule has 0 radical (unpaired) electrons. The molecule has 2 atom stereocenters. The van der Waals surface area contributed by atoms with Crippen molar-refractivity contribution in [2.45, 2.75) is 185 Å². The van der Waals surface area contributed by atoms with Crippen LogP contribution in [0.1, 0.15) is 173 Å². The van der Waals surface area contributed by atoms with Crippen molar-refractivity contribution in [3.8, 4) is 0 Å². The minimum atomic E-state index is 0. The van der Waals surface area contributed by atoms with Crippen LogP contribution in [0.4, 0.5) is 0 Å². The third kappa shape index (κ3) is 11.5. The van der Waals surface area contributed by atoms with Gasteiger partial charge in [-0.3, -0.25) is 0 Å². The van der Waals surface area contributed by atoms with Gasteiger partial charge in [0.05, 0.1) is 51.4 Å². The minimum absolute atomic E-state index is 0. The van der Waals surface area contributed by atoms with Crippen LogP contribution in [0.25, 0.3) is 0 Å². The molecule has 262 valence electrons. The van der Waals surface area contributed by atoms with Crippen LogP contribution in [0, 0.1) is 10.8 Å². The van der Waals surface area contributed by atoms with Crippen molar-refractivity contribution < 1.29 is 42.9 Å². The van der Waals surface area contributed by atoms with Crippen LogP contribution >= 0.6 is 0 Å². The van der Waals surface area contributed by atoms with Crippen molar-refractivity contribution in [3.05, 3.63) is 22.3 Å². The second kappa shape index (κ2) is 20.0. The van der Waals surface area contributed by atoms with Crippen LogP contribution in [0.2, 0.25) is 0 Å². The van der Waals surface area contributed by atoms with E-state index in [-0.39, 0.29) is 34.0 Å². The van der Waals surface area contributed by atoms with Gasteiger partial charge in [-0.15, -0.1) is 0 Å². The number of halogens is 2. The van der Waals surface area contributed by atoms with Gasteiger partial charge in [-0.05, 0) is 143 Å². The Hall–Kier alpha value is 0.360. The average Bonchev–Trinajstić information content (AvgIpc) is 2.94. The topological polar surface area (TPSA) is 0 Å². The first kappa shape index (κ1) is 44.4. The smallest absolute Gasteiger partial charge is 0.0864 e. The third-order valence-corrected chi connectivity index (χ3v) is 13.3. The fourth-order valence-corrected chi connectivity index (χ4v) is 9.68. The first-order valence-corrected chi connectivity index (χ1v) is 18.8. The Labute approximate surface area is 299 Å². The van der Waals surface area contributed by atoms with Gasteiger partial charge in [-0.1, -0.05) is 50.0 Å². The molecule has 0 spiro atoms. The zero-order valence-electron chi connectivity index (χ0n) is 31.9. The fourth-order valence-electron chi connectivity index (χ4n) is 9.68. The largest absolute Gasteiger partial charge is 1.00 e. The molecule has 0 amide bonds. The molecule has 2 nitrogen and oxygen atoms in total. The van der Waals surface area contributed by atoms with Crippen LogP contribution < -0.4 is 34.0 Å². The van der Waals surface area contributed by atoms with Gasteiger partial charge < -0.3 is 42.9 Å². The average molecular weight is 747 g/mol. The molecule has 0 saturated heterocycles. The standard InChI is InChI=1S/C40H78N2.2BrH/c1-13-41(14-2,35(7)25-27-37-33(5)23-21-29-39(37,9)10)31-19-17-18-20-32-42(15-3,16-4)36(8)26-28-38-34(6)24-22-30-40(38,11)12;;/h35-36H,13-32H2,1-12H3;2*1H/q+2;;/p-2. The number of nitrogens with zero attached hydrogens (tertiary/aromatic N) is 2. The molecule has 0 fully saturated rings. The Balaban J connectivity index is 0.00000924. The lowest BCUT2D eigenvalue weighted by Gasteiger charge is -2.44. The summed E-state index contributed by atoms with van der Waals surface area (Å²) in [6.45, 7) is 37.7. The molecule has 0 heterocycles. The van der Waals surface area contributed by atoms with Gasteiger partial charge in [-0.25, -0.2) is 0 Å². The molecule has 0 bridgehead atoms. The summed E-state index contributed by atoms with van der Waals surface area (Å²) in [7, 11) is 0. The van der Waals surface area contributed by atoms with E-state index >= 15 is 0 Å². The van der Waals surface area contributed by atoms with E-state index in [1.165, 1.54) is 138 Å². The molecule has 4 heteroatoms. The second-order valence-corrected chi connectivity index (χ2v) is 16.3. The van der Waals surface area contributed by atoms with Crippen molar-refractivity contribution >= 4 is 0 Å². The Morgan fingerprint density at radius 2 is 0.886 bits per heavy atom. The Morgan fingerprint density at radius 1 is 0.568 bits per heavy atom. The molecule has 0 aromatic heterocycles. The van der Waals surface area contributed by atoms with Crippen LogP contribution in [0.15, 0.2) is 22.3 Å². The highest BCUT2D eigenvalue weighted by Crippen LogP contribution is 2.44. The van der Waals surface area contributed by atoms with E-state index in [0.29, 0.717) is 10.8 Å². The van der Waals surface area contributed by atoms with E-state index in [4.69, 9.17) is 0 Å². The molecular formula is C40H78Br2N2. The maximum atomic E-state index is 2.57. The summed E-state index contributed by atoms with van der Waals surface area (Å²) in [5.41, 5.74) is 7.84. The van der Waals surface area contributed by atoms with Crippen molar-refractivity contribution in [1.82, 2.24) is 0 Å². The van der Waals surface area contributed by atoms with Gasteiger partial charge >= 0.3 is 0 Å². The SMILES string of the molecule is CC[N+](CC)(CCCCCC[N+](CC)(CC)C(C)CCC1=C(C)CCCC1(C)C)C(C)CCC1=C(C)CCCC1(C)C.[Br-].[Br-]. The van der Waals surface area contributed by atoms with Crippen molar-refractivity contribution in [1.29, 1.82) is 0 Å². The summed E-state index contributed by atoms with van der Waals surface area (Å²) < 4.78 is 2.64. The molecule has 0 N–H and O–H groups in total. The van der Waals surface area contributed by atoms with E-state index in [2.05, 4.69) is 83.1 Å². The van der Waals surface area contributed by atoms with Crippen molar-refractivity contribution in [3.63, 3.8) is 0 Å². The first-order valence-electron chi connectivity index (χ1n) is 18.8. The molecule has 2 aliphatic carbocycles. The van der Waals surface area contributed by atoms with E-state index < -0.39 is 0 Å². The second-order valence-electron chi connectivity index (χ2n) is 16.3. The molecule has 44 heavy (non-hydrogen) atoms. The number of rotatable bonds is 19. The number of hydrogen-bond acceptors (Lipinski definition) is 0. The highest BCUT2D eigenvalue weighted by Gasteiger charge is 2.35. The molecule has 0 aliphatic heterocycles. The molecule has 0 aromatic carbocycles. The zero-order valence-corrected chi connectivity index (χ0v) is 35.1.